The molecular formula is C26H23F3N4O5. The van der Waals surface area contributed by atoms with E-state index in [0.29, 0.717) is 18.3 Å². The molecule has 0 fully saturated rings. The molecule has 0 saturated heterocycles. The quantitative estimate of drug-likeness (QED) is 0.121. The summed E-state index contributed by atoms with van der Waals surface area (Å²) in [7, 11) is 0. The van der Waals surface area contributed by atoms with Gasteiger partial charge >= 0.3 is 12.1 Å². The van der Waals surface area contributed by atoms with Crippen LogP contribution < -0.4 is 4.90 Å². The van der Waals surface area contributed by atoms with Gasteiger partial charge in [0.2, 0.25) is 0 Å². The van der Waals surface area contributed by atoms with Crippen molar-refractivity contribution < 1.29 is 32.4 Å². The summed E-state index contributed by atoms with van der Waals surface area (Å²) in [4.78, 5) is 34.9. The number of benzene rings is 3. The Labute approximate surface area is 215 Å². The van der Waals surface area contributed by atoms with E-state index in [2.05, 4.69) is 10.2 Å². The van der Waals surface area contributed by atoms with E-state index in [4.69, 9.17) is 4.74 Å². The molecule has 198 valence electrons. The lowest BCUT2D eigenvalue weighted by Crippen LogP contribution is -2.26. The van der Waals surface area contributed by atoms with E-state index in [1.54, 1.807) is 24.3 Å². The highest BCUT2D eigenvalue weighted by Crippen LogP contribution is 2.39. The SMILES string of the molecule is CC(=O)COC(=O)CCN(Cc1ccccc1)c1ccc(N=Nc2ccc([N+](=O)[O-])cc2C(F)(F)F)cc1. The predicted molar refractivity (Wildman–Crippen MR) is 132 cm³/mol. The number of hydrogen-bond donors (Lipinski definition) is 0. The number of ketones is 1. The molecule has 0 aliphatic carbocycles. The number of hydrogen-bond acceptors (Lipinski definition) is 8. The molecule has 0 saturated carbocycles. The summed E-state index contributed by atoms with van der Waals surface area (Å²) < 4.78 is 45.1. The van der Waals surface area contributed by atoms with E-state index in [0.717, 1.165) is 17.7 Å². The summed E-state index contributed by atoms with van der Waals surface area (Å²) in [5.74, 6) is -0.785. The molecule has 0 radical (unpaired) electrons. The fraction of sp³-hybridized carbons (Fsp3) is 0.231. The van der Waals surface area contributed by atoms with Crippen molar-refractivity contribution in [3.63, 3.8) is 0 Å². The lowest BCUT2D eigenvalue weighted by Gasteiger charge is -2.25. The van der Waals surface area contributed by atoms with Crippen LogP contribution in [-0.4, -0.2) is 29.8 Å². The highest BCUT2D eigenvalue weighted by atomic mass is 19.4. The van der Waals surface area contributed by atoms with E-state index in [1.807, 2.05) is 35.2 Å². The van der Waals surface area contributed by atoms with Crippen molar-refractivity contribution in [2.24, 2.45) is 10.2 Å². The van der Waals surface area contributed by atoms with E-state index in [-0.39, 0.29) is 31.0 Å². The second kappa shape index (κ2) is 12.6. The number of ether oxygens (including phenoxy) is 1. The van der Waals surface area contributed by atoms with Crippen LogP contribution in [0.3, 0.4) is 0 Å². The van der Waals surface area contributed by atoms with E-state index < -0.39 is 34.0 Å². The van der Waals surface area contributed by atoms with Crippen molar-refractivity contribution in [2.75, 3.05) is 18.1 Å². The van der Waals surface area contributed by atoms with Gasteiger partial charge in [-0.2, -0.15) is 18.3 Å². The zero-order valence-electron chi connectivity index (χ0n) is 20.2. The van der Waals surface area contributed by atoms with Crippen LogP contribution in [0.25, 0.3) is 0 Å². The molecular weight excluding hydrogens is 505 g/mol. The number of non-ortho nitro benzene ring substituents is 1. The first-order valence-electron chi connectivity index (χ1n) is 11.3. The van der Waals surface area contributed by atoms with E-state index >= 15 is 0 Å². The number of azo groups is 1. The van der Waals surface area contributed by atoms with Gasteiger partial charge in [0.1, 0.15) is 6.61 Å². The van der Waals surface area contributed by atoms with Gasteiger partial charge in [-0.15, -0.1) is 5.11 Å². The van der Waals surface area contributed by atoms with Crippen molar-refractivity contribution in [1.82, 2.24) is 0 Å². The maximum atomic E-state index is 13.4. The Bertz CT molecular complexity index is 1310. The number of alkyl halides is 3. The van der Waals surface area contributed by atoms with Crippen molar-refractivity contribution in [3.8, 4) is 0 Å². The first-order valence-corrected chi connectivity index (χ1v) is 11.3. The minimum atomic E-state index is -4.85. The Morgan fingerprint density at radius 1 is 1.00 bits per heavy atom. The van der Waals surface area contributed by atoms with Crippen LogP contribution in [-0.2, 0) is 27.0 Å². The summed E-state index contributed by atoms with van der Waals surface area (Å²) in [5.41, 5.74) is -0.588. The zero-order valence-corrected chi connectivity index (χ0v) is 20.2. The smallest absolute Gasteiger partial charge is 0.418 e. The van der Waals surface area contributed by atoms with Crippen LogP contribution >= 0.6 is 0 Å². The van der Waals surface area contributed by atoms with Gasteiger partial charge in [0.05, 0.1) is 28.3 Å². The van der Waals surface area contributed by atoms with Gasteiger partial charge in [-0.05, 0) is 42.8 Å². The lowest BCUT2D eigenvalue weighted by atomic mass is 10.1. The van der Waals surface area contributed by atoms with Gasteiger partial charge in [-0.1, -0.05) is 30.3 Å². The highest BCUT2D eigenvalue weighted by Gasteiger charge is 2.35. The number of halogens is 3. The Kier molecular flexibility index (Phi) is 9.25. The first-order chi connectivity index (χ1) is 18.0. The molecule has 0 heterocycles. The molecule has 3 aromatic rings. The van der Waals surface area contributed by atoms with Crippen molar-refractivity contribution in [3.05, 3.63) is 94.0 Å². The number of Topliss-reactive ketones (excluding diaryl/α,β-unsaturated/α-hetero) is 1. The maximum Gasteiger partial charge on any atom is 0.418 e. The number of nitro groups is 1. The topological polar surface area (TPSA) is 114 Å². The number of nitro benzene ring substituents is 1. The molecule has 3 rings (SSSR count). The number of carbonyl (C=O) groups excluding carboxylic acids is 2. The maximum absolute atomic E-state index is 13.4. The normalized spacial score (nSPS) is 11.4. The van der Waals surface area contributed by atoms with Crippen LogP contribution in [0, 0.1) is 10.1 Å². The van der Waals surface area contributed by atoms with Gasteiger partial charge in [0.25, 0.3) is 5.69 Å². The van der Waals surface area contributed by atoms with Crippen LogP contribution in [0.2, 0.25) is 0 Å². The minimum absolute atomic E-state index is 0.0297. The van der Waals surface area contributed by atoms with Crippen molar-refractivity contribution in [1.29, 1.82) is 0 Å². The van der Waals surface area contributed by atoms with Gasteiger partial charge in [-0.3, -0.25) is 19.7 Å². The fourth-order valence-corrected chi connectivity index (χ4v) is 3.38. The fourth-order valence-electron chi connectivity index (χ4n) is 3.38. The summed E-state index contributed by atoms with van der Waals surface area (Å²) in [6, 6.07) is 18.2. The second-order valence-corrected chi connectivity index (χ2v) is 8.19. The molecule has 0 atom stereocenters. The molecule has 0 bridgehead atoms. The Balaban J connectivity index is 1.79. The van der Waals surface area contributed by atoms with Crippen LogP contribution in [0.1, 0.15) is 24.5 Å². The number of carbonyl (C=O) groups is 2. The van der Waals surface area contributed by atoms with Crippen LogP contribution in [0.4, 0.5) is 35.9 Å². The van der Waals surface area contributed by atoms with Gasteiger partial charge in [0, 0.05) is 30.9 Å². The Morgan fingerprint density at radius 2 is 1.68 bits per heavy atom. The molecule has 9 nitrogen and oxygen atoms in total. The molecule has 0 spiro atoms. The summed E-state index contributed by atoms with van der Waals surface area (Å²) in [5, 5.41) is 18.4. The second-order valence-electron chi connectivity index (χ2n) is 8.19. The average molecular weight is 528 g/mol. The molecule has 38 heavy (non-hydrogen) atoms. The third-order valence-corrected chi connectivity index (χ3v) is 5.22. The Morgan fingerprint density at radius 3 is 2.29 bits per heavy atom. The lowest BCUT2D eigenvalue weighted by molar-refractivity contribution is -0.385. The number of esters is 1. The molecule has 0 aliphatic heterocycles. The third kappa shape index (κ3) is 8.22. The number of nitrogens with zero attached hydrogens (tertiary/aromatic N) is 4. The molecule has 12 heteroatoms. The first kappa shape index (κ1) is 28.0. The molecule has 0 unspecified atom stereocenters. The molecule has 0 amide bonds. The van der Waals surface area contributed by atoms with Crippen LogP contribution in [0.15, 0.2) is 83.0 Å². The van der Waals surface area contributed by atoms with E-state index in [1.165, 1.54) is 6.92 Å². The molecule has 0 aliphatic rings. The van der Waals surface area contributed by atoms with Gasteiger partial charge < -0.3 is 9.64 Å². The number of rotatable bonds is 11. The largest absolute Gasteiger partial charge is 0.458 e. The van der Waals surface area contributed by atoms with E-state index in [9.17, 15) is 32.9 Å². The highest BCUT2D eigenvalue weighted by molar-refractivity contribution is 5.80. The Hall–Kier alpha value is -4.61. The number of anilines is 1. The predicted octanol–water partition coefficient (Wildman–Crippen LogP) is 6.56. The molecule has 3 aromatic carbocycles. The monoisotopic (exact) mass is 528 g/mol. The van der Waals surface area contributed by atoms with Crippen molar-refractivity contribution >= 4 is 34.5 Å². The average Bonchev–Trinajstić information content (AvgIpc) is 2.89. The minimum Gasteiger partial charge on any atom is -0.458 e. The van der Waals surface area contributed by atoms with Gasteiger partial charge in [-0.25, -0.2) is 0 Å². The van der Waals surface area contributed by atoms with Crippen LogP contribution in [0.5, 0.6) is 0 Å². The molecule has 0 aromatic heterocycles. The standard InChI is InChI=1S/C26H23F3N4O5/c1-18(34)17-38-25(35)13-14-32(16-19-5-3-2-4-6-19)21-9-7-20(8-10-21)30-31-24-12-11-22(33(36)37)15-23(24)26(27,28)29/h2-12,15H,13-14,16-17H2,1H3. The molecule has 0 N–H and O–H groups in total. The third-order valence-electron chi connectivity index (χ3n) is 5.22. The van der Waals surface area contributed by atoms with Gasteiger partial charge in [0.15, 0.2) is 5.78 Å². The zero-order chi connectivity index (χ0) is 27.7. The van der Waals surface area contributed by atoms with Crippen molar-refractivity contribution in [2.45, 2.75) is 26.1 Å². The summed E-state index contributed by atoms with van der Waals surface area (Å²) >= 11 is 0. The summed E-state index contributed by atoms with van der Waals surface area (Å²) in [6.45, 7) is 1.77. The summed E-state index contributed by atoms with van der Waals surface area (Å²) in [6.07, 6.45) is -4.82.